The smallest absolute Gasteiger partial charge is 0.297 e. The van der Waals surface area contributed by atoms with Crippen molar-refractivity contribution in [3.63, 3.8) is 0 Å². The van der Waals surface area contributed by atoms with E-state index in [0.29, 0.717) is 19.8 Å². The second kappa shape index (κ2) is 11.1. The molecule has 0 aliphatic heterocycles. The molecule has 2 aromatic carbocycles. The summed E-state index contributed by atoms with van der Waals surface area (Å²) in [5.41, 5.74) is 2.30. The lowest BCUT2D eigenvalue weighted by molar-refractivity contribution is 0.0365. The fourth-order valence-electron chi connectivity index (χ4n) is 2.32. The summed E-state index contributed by atoms with van der Waals surface area (Å²) < 4.78 is 39.7. The summed E-state index contributed by atoms with van der Waals surface area (Å²) in [5, 5.41) is 0. The van der Waals surface area contributed by atoms with Crippen molar-refractivity contribution < 1.29 is 22.1 Å². The van der Waals surface area contributed by atoms with E-state index < -0.39 is 10.1 Å². The highest BCUT2D eigenvalue weighted by Crippen LogP contribution is 2.12. The van der Waals surface area contributed by atoms with Gasteiger partial charge in [0, 0.05) is 6.61 Å². The van der Waals surface area contributed by atoms with E-state index in [-0.39, 0.29) is 18.1 Å². The van der Waals surface area contributed by atoms with Gasteiger partial charge in [-0.15, -0.1) is 0 Å². The molecule has 0 aliphatic carbocycles. The van der Waals surface area contributed by atoms with Crippen LogP contribution in [0.25, 0.3) is 0 Å². The number of hydrogen-bond acceptors (Lipinski definition) is 5. The Hall–Kier alpha value is -1.73. The molecule has 0 aliphatic rings. The molecule has 142 valence electrons. The van der Waals surface area contributed by atoms with E-state index in [1.807, 2.05) is 25.1 Å². The van der Waals surface area contributed by atoms with Crippen LogP contribution in [0.5, 0.6) is 0 Å². The highest BCUT2D eigenvalue weighted by Gasteiger charge is 2.14. The number of rotatable bonds is 12. The van der Waals surface area contributed by atoms with E-state index in [1.165, 1.54) is 17.7 Å². The van der Waals surface area contributed by atoms with Gasteiger partial charge in [-0.05, 0) is 37.5 Å². The number of aryl methyl sites for hydroxylation is 2. The molecule has 26 heavy (non-hydrogen) atoms. The molecule has 0 atom stereocenters. The lowest BCUT2D eigenvalue weighted by Gasteiger charge is -2.08. The van der Waals surface area contributed by atoms with Gasteiger partial charge in [-0.1, -0.05) is 48.0 Å². The Labute approximate surface area is 156 Å². The average Bonchev–Trinajstić information content (AvgIpc) is 2.64. The zero-order valence-electron chi connectivity index (χ0n) is 15.1. The molecule has 2 rings (SSSR count). The van der Waals surface area contributed by atoms with Crippen LogP contribution < -0.4 is 0 Å². The van der Waals surface area contributed by atoms with Gasteiger partial charge in [-0.25, -0.2) is 0 Å². The molecule has 0 heterocycles. The predicted octanol–water partition coefficient (Wildman–Crippen LogP) is 3.37. The lowest BCUT2D eigenvalue weighted by atomic mass is 10.1. The Kier molecular flexibility index (Phi) is 8.77. The molecule has 0 N–H and O–H groups in total. The Bertz CT molecular complexity index is 727. The number of benzene rings is 2. The molecular weight excluding hydrogens is 352 g/mol. The molecule has 0 bridgehead atoms. The number of ether oxygens (including phenoxy) is 2. The first kappa shape index (κ1) is 20.6. The highest BCUT2D eigenvalue weighted by atomic mass is 32.2. The van der Waals surface area contributed by atoms with Gasteiger partial charge in [0.15, 0.2) is 0 Å². The van der Waals surface area contributed by atoms with Crippen molar-refractivity contribution in [2.75, 3.05) is 33.0 Å². The van der Waals surface area contributed by atoms with Gasteiger partial charge >= 0.3 is 0 Å². The lowest BCUT2D eigenvalue weighted by Crippen LogP contribution is -2.13. The van der Waals surface area contributed by atoms with Gasteiger partial charge in [0.25, 0.3) is 10.1 Å². The summed E-state index contributed by atoms with van der Waals surface area (Å²) in [7, 11) is -3.72. The summed E-state index contributed by atoms with van der Waals surface area (Å²) in [6, 6.07) is 16.8. The van der Waals surface area contributed by atoms with Crippen LogP contribution in [-0.2, 0) is 30.2 Å². The van der Waals surface area contributed by atoms with E-state index in [9.17, 15) is 8.42 Å². The van der Waals surface area contributed by atoms with Crippen LogP contribution in [0.4, 0.5) is 0 Å². The molecular formula is C20H26O5S. The normalized spacial score (nSPS) is 11.6. The zero-order valence-corrected chi connectivity index (χ0v) is 15.9. The molecule has 0 unspecified atom stereocenters. The van der Waals surface area contributed by atoms with Gasteiger partial charge in [0.2, 0.25) is 0 Å². The summed E-state index contributed by atoms with van der Waals surface area (Å²) in [6.45, 7) is 3.67. The molecule has 0 saturated heterocycles. The minimum atomic E-state index is -3.72. The molecule has 0 aromatic heterocycles. The van der Waals surface area contributed by atoms with E-state index in [4.69, 9.17) is 13.7 Å². The third-order valence-electron chi connectivity index (χ3n) is 3.74. The third kappa shape index (κ3) is 7.66. The van der Waals surface area contributed by atoms with E-state index in [0.717, 1.165) is 18.4 Å². The van der Waals surface area contributed by atoms with E-state index >= 15 is 0 Å². The molecule has 0 amide bonds. The Morgan fingerprint density at radius 1 is 0.769 bits per heavy atom. The summed E-state index contributed by atoms with van der Waals surface area (Å²) in [4.78, 5) is 0.157. The molecule has 6 heteroatoms. The largest absolute Gasteiger partial charge is 0.379 e. The topological polar surface area (TPSA) is 61.8 Å². The molecule has 0 saturated carbocycles. The maximum absolute atomic E-state index is 12.0. The monoisotopic (exact) mass is 378 g/mol. The Balaban J connectivity index is 1.48. The first-order valence-corrected chi connectivity index (χ1v) is 10.1. The van der Waals surface area contributed by atoms with E-state index in [2.05, 4.69) is 12.1 Å². The predicted molar refractivity (Wildman–Crippen MR) is 101 cm³/mol. The first-order valence-electron chi connectivity index (χ1n) is 8.73. The van der Waals surface area contributed by atoms with Crippen molar-refractivity contribution >= 4 is 10.1 Å². The SMILES string of the molecule is Cc1ccc(S(=O)(=O)OCCOCCOCCCc2ccccc2)cc1. The van der Waals surface area contributed by atoms with E-state index in [1.54, 1.807) is 12.1 Å². The maximum Gasteiger partial charge on any atom is 0.297 e. The highest BCUT2D eigenvalue weighted by molar-refractivity contribution is 7.86. The van der Waals surface area contributed by atoms with Gasteiger partial charge in [0.05, 0.1) is 31.3 Å². The fourth-order valence-corrected chi connectivity index (χ4v) is 3.21. The third-order valence-corrected chi connectivity index (χ3v) is 5.07. The second-order valence-electron chi connectivity index (χ2n) is 5.90. The zero-order chi connectivity index (χ0) is 18.7. The van der Waals surface area contributed by atoms with Crippen LogP contribution in [-0.4, -0.2) is 41.5 Å². The number of hydrogen-bond donors (Lipinski definition) is 0. The van der Waals surface area contributed by atoms with Crippen LogP contribution in [0.3, 0.4) is 0 Å². The minimum Gasteiger partial charge on any atom is -0.379 e. The molecule has 0 fully saturated rings. The van der Waals surface area contributed by atoms with Crippen molar-refractivity contribution in [1.82, 2.24) is 0 Å². The van der Waals surface area contributed by atoms with Crippen LogP contribution >= 0.6 is 0 Å². The molecule has 5 nitrogen and oxygen atoms in total. The van der Waals surface area contributed by atoms with Gasteiger partial charge in [-0.2, -0.15) is 8.42 Å². The van der Waals surface area contributed by atoms with Crippen LogP contribution in [0, 0.1) is 6.92 Å². The van der Waals surface area contributed by atoms with Gasteiger partial charge in [0.1, 0.15) is 0 Å². The molecule has 0 radical (unpaired) electrons. The molecule has 0 spiro atoms. The minimum absolute atomic E-state index is 0.00971. The standard InChI is InChI=1S/C20H26O5S/c1-18-9-11-20(12-10-18)26(21,22)25-17-16-24-15-14-23-13-5-8-19-6-3-2-4-7-19/h2-4,6-7,9-12H,5,8,13-17H2,1H3. The van der Waals surface area contributed by atoms with Gasteiger partial charge < -0.3 is 9.47 Å². The second-order valence-corrected chi connectivity index (χ2v) is 7.52. The van der Waals surface area contributed by atoms with Crippen LogP contribution in [0.15, 0.2) is 59.5 Å². The Morgan fingerprint density at radius 3 is 2.08 bits per heavy atom. The fraction of sp³-hybridized carbons (Fsp3) is 0.400. The molecule has 2 aromatic rings. The van der Waals surface area contributed by atoms with Crippen molar-refractivity contribution in [3.05, 3.63) is 65.7 Å². The van der Waals surface area contributed by atoms with Crippen LogP contribution in [0.1, 0.15) is 17.5 Å². The summed E-state index contributed by atoms with van der Waals surface area (Å²) >= 11 is 0. The summed E-state index contributed by atoms with van der Waals surface area (Å²) in [6.07, 6.45) is 1.95. The van der Waals surface area contributed by atoms with Crippen molar-refractivity contribution in [1.29, 1.82) is 0 Å². The quantitative estimate of drug-likeness (QED) is 0.419. The average molecular weight is 378 g/mol. The first-order chi connectivity index (χ1) is 12.6. The van der Waals surface area contributed by atoms with Crippen molar-refractivity contribution in [3.8, 4) is 0 Å². The Morgan fingerprint density at radius 2 is 1.38 bits per heavy atom. The maximum atomic E-state index is 12.0. The van der Waals surface area contributed by atoms with Crippen molar-refractivity contribution in [2.45, 2.75) is 24.7 Å². The van der Waals surface area contributed by atoms with Gasteiger partial charge in [-0.3, -0.25) is 4.18 Å². The summed E-state index contributed by atoms with van der Waals surface area (Å²) in [5.74, 6) is 0. The van der Waals surface area contributed by atoms with Crippen LogP contribution in [0.2, 0.25) is 0 Å². The van der Waals surface area contributed by atoms with Crippen molar-refractivity contribution in [2.24, 2.45) is 0 Å².